The second-order valence-electron chi connectivity index (χ2n) is 6.78. The van der Waals surface area contributed by atoms with Gasteiger partial charge in [-0.2, -0.15) is 0 Å². The van der Waals surface area contributed by atoms with E-state index in [1.54, 1.807) is 0 Å². The number of hydrogen-bond acceptors (Lipinski definition) is 4. The Kier molecular flexibility index (Phi) is 5.26. The lowest BCUT2D eigenvalue weighted by Crippen LogP contribution is -2.55. The standard InChI is InChI=1S/C17H27N3O3/c1-11-14(13(3)21)12(2)19-15(11)16(22)18-10-17(4,5)20-6-8-23-9-7-20/h19H,6-10H2,1-5H3,(H,18,22). The van der Waals surface area contributed by atoms with E-state index in [1.165, 1.54) is 6.92 Å². The molecule has 0 saturated carbocycles. The molecule has 1 aliphatic heterocycles. The molecule has 2 rings (SSSR count). The lowest BCUT2D eigenvalue weighted by molar-refractivity contribution is -0.00924. The van der Waals surface area contributed by atoms with E-state index >= 15 is 0 Å². The van der Waals surface area contributed by atoms with Crippen molar-refractivity contribution in [2.45, 2.75) is 40.2 Å². The number of nitrogens with one attached hydrogen (secondary N) is 2. The van der Waals surface area contributed by atoms with Crippen LogP contribution in [0.5, 0.6) is 0 Å². The second kappa shape index (κ2) is 6.84. The van der Waals surface area contributed by atoms with Gasteiger partial charge in [-0.05, 0) is 40.2 Å². The Labute approximate surface area is 137 Å². The van der Waals surface area contributed by atoms with Crippen LogP contribution in [-0.2, 0) is 4.74 Å². The van der Waals surface area contributed by atoms with Crippen LogP contribution in [0.4, 0.5) is 0 Å². The molecule has 0 bridgehead atoms. The average Bonchev–Trinajstić information content (AvgIpc) is 2.81. The van der Waals surface area contributed by atoms with Gasteiger partial charge in [-0.3, -0.25) is 14.5 Å². The number of hydrogen-bond donors (Lipinski definition) is 2. The van der Waals surface area contributed by atoms with Gasteiger partial charge in [0.05, 0.1) is 13.2 Å². The normalized spacial score (nSPS) is 16.4. The molecule has 23 heavy (non-hydrogen) atoms. The van der Waals surface area contributed by atoms with Crippen molar-refractivity contribution in [1.29, 1.82) is 0 Å². The predicted molar refractivity (Wildman–Crippen MR) is 89.1 cm³/mol. The third-order valence-corrected chi connectivity index (χ3v) is 4.57. The Morgan fingerprint density at radius 1 is 1.26 bits per heavy atom. The van der Waals surface area contributed by atoms with Crippen LogP contribution < -0.4 is 5.32 Å². The summed E-state index contributed by atoms with van der Waals surface area (Å²) >= 11 is 0. The number of carbonyl (C=O) groups excluding carboxylic acids is 2. The third kappa shape index (κ3) is 3.82. The topological polar surface area (TPSA) is 74.4 Å². The van der Waals surface area contributed by atoms with Crippen LogP contribution in [0.2, 0.25) is 0 Å². The molecule has 2 heterocycles. The zero-order valence-corrected chi connectivity index (χ0v) is 14.7. The Morgan fingerprint density at radius 3 is 2.39 bits per heavy atom. The van der Waals surface area contributed by atoms with Crippen molar-refractivity contribution in [3.05, 3.63) is 22.5 Å². The van der Waals surface area contributed by atoms with Crippen LogP contribution >= 0.6 is 0 Å². The smallest absolute Gasteiger partial charge is 0.268 e. The zero-order valence-electron chi connectivity index (χ0n) is 14.7. The van der Waals surface area contributed by atoms with Crippen LogP contribution in [0.1, 0.15) is 52.9 Å². The molecule has 0 unspecified atom stereocenters. The Bertz CT molecular complexity index is 598. The summed E-state index contributed by atoms with van der Waals surface area (Å²) in [5.74, 6) is -0.191. The van der Waals surface area contributed by atoms with E-state index < -0.39 is 0 Å². The third-order valence-electron chi connectivity index (χ3n) is 4.57. The molecule has 1 saturated heterocycles. The maximum Gasteiger partial charge on any atom is 0.268 e. The minimum atomic E-state index is -0.167. The maximum absolute atomic E-state index is 12.5. The van der Waals surface area contributed by atoms with Crippen molar-refractivity contribution in [3.63, 3.8) is 0 Å². The monoisotopic (exact) mass is 321 g/mol. The Balaban J connectivity index is 2.05. The van der Waals surface area contributed by atoms with Gasteiger partial charge in [0.2, 0.25) is 0 Å². The number of morpholine rings is 1. The summed E-state index contributed by atoms with van der Waals surface area (Å²) in [5.41, 5.74) is 2.41. The van der Waals surface area contributed by atoms with E-state index in [1.807, 2.05) is 13.8 Å². The molecule has 0 aromatic carbocycles. The van der Waals surface area contributed by atoms with Gasteiger partial charge in [-0.15, -0.1) is 0 Å². The van der Waals surface area contributed by atoms with Crippen molar-refractivity contribution in [2.75, 3.05) is 32.8 Å². The van der Waals surface area contributed by atoms with Gasteiger partial charge in [0.15, 0.2) is 5.78 Å². The number of ether oxygens (including phenoxy) is 1. The van der Waals surface area contributed by atoms with Gasteiger partial charge in [0, 0.05) is 36.4 Å². The summed E-state index contributed by atoms with van der Waals surface area (Å²) < 4.78 is 5.38. The van der Waals surface area contributed by atoms with E-state index in [9.17, 15) is 9.59 Å². The van der Waals surface area contributed by atoms with Gasteiger partial charge >= 0.3 is 0 Å². The first-order valence-corrected chi connectivity index (χ1v) is 8.05. The molecule has 0 atom stereocenters. The van der Waals surface area contributed by atoms with Gasteiger partial charge in [-0.25, -0.2) is 0 Å². The van der Waals surface area contributed by atoms with E-state index in [0.717, 1.165) is 37.6 Å². The van der Waals surface area contributed by atoms with E-state index in [0.29, 0.717) is 17.8 Å². The van der Waals surface area contributed by atoms with Crippen LogP contribution in [0.15, 0.2) is 0 Å². The molecule has 1 aromatic rings. The number of H-pyrrole nitrogens is 1. The Hall–Kier alpha value is -1.66. The number of nitrogens with zero attached hydrogens (tertiary/aromatic N) is 1. The highest BCUT2D eigenvalue weighted by Gasteiger charge is 2.29. The number of carbonyl (C=O) groups is 2. The summed E-state index contributed by atoms with van der Waals surface area (Å²) in [5, 5.41) is 2.99. The number of Topliss-reactive ketones (excluding diaryl/α,β-unsaturated/α-hetero) is 1. The number of aryl methyl sites for hydroxylation is 1. The minimum Gasteiger partial charge on any atom is -0.379 e. The first kappa shape index (κ1) is 17.7. The lowest BCUT2D eigenvalue weighted by Gasteiger charge is -2.40. The highest BCUT2D eigenvalue weighted by Crippen LogP contribution is 2.19. The Morgan fingerprint density at radius 2 is 1.87 bits per heavy atom. The van der Waals surface area contributed by atoms with Gasteiger partial charge in [0.1, 0.15) is 5.69 Å². The number of aromatic amines is 1. The van der Waals surface area contributed by atoms with E-state index in [-0.39, 0.29) is 17.2 Å². The molecule has 1 fully saturated rings. The number of rotatable bonds is 5. The predicted octanol–water partition coefficient (Wildman–Crippen LogP) is 1.67. The molecular weight excluding hydrogens is 294 g/mol. The lowest BCUT2D eigenvalue weighted by atomic mass is 10.0. The molecule has 0 spiro atoms. The summed E-state index contributed by atoms with van der Waals surface area (Å²) in [6, 6.07) is 0. The summed E-state index contributed by atoms with van der Waals surface area (Å²) in [6.07, 6.45) is 0. The molecule has 0 radical (unpaired) electrons. The molecule has 1 aliphatic rings. The van der Waals surface area contributed by atoms with E-state index in [2.05, 4.69) is 29.0 Å². The molecule has 1 aromatic heterocycles. The van der Waals surface area contributed by atoms with Crippen molar-refractivity contribution in [2.24, 2.45) is 0 Å². The summed E-state index contributed by atoms with van der Waals surface area (Å²) in [4.78, 5) is 29.5. The fraction of sp³-hybridized carbons (Fsp3) is 0.647. The fourth-order valence-corrected chi connectivity index (χ4v) is 3.17. The van der Waals surface area contributed by atoms with Gasteiger partial charge < -0.3 is 15.0 Å². The number of amides is 1. The number of ketones is 1. The molecular formula is C17H27N3O3. The first-order valence-electron chi connectivity index (χ1n) is 8.05. The zero-order chi connectivity index (χ0) is 17.2. The molecule has 6 heteroatoms. The van der Waals surface area contributed by atoms with Crippen LogP contribution in [0.25, 0.3) is 0 Å². The van der Waals surface area contributed by atoms with Crippen molar-refractivity contribution in [3.8, 4) is 0 Å². The van der Waals surface area contributed by atoms with Gasteiger partial charge in [-0.1, -0.05) is 0 Å². The summed E-state index contributed by atoms with van der Waals surface area (Å²) in [6.45, 7) is 13.1. The van der Waals surface area contributed by atoms with Crippen LogP contribution in [-0.4, -0.2) is 60.0 Å². The average molecular weight is 321 g/mol. The first-order chi connectivity index (χ1) is 10.7. The number of aromatic nitrogens is 1. The molecule has 128 valence electrons. The molecule has 1 amide bonds. The molecule has 6 nitrogen and oxygen atoms in total. The van der Waals surface area contributed by atoms with Crippen LogP contribution in [0.3, 0.4) is 0 Å². The SMILES string of the molecule is CC(=O)c1c(C)[nH]c(C(=O)NCC(C)(C)N2CCOCC2)c1C. The fourth-order valence-electron chi connectivity index (χ4n) is 3.17. The molecule has 0 aliphatic carbocycles. The van der Waals surface area contributed by atoms with Gasteiger partial charge in [0.25, 0.3) is 5.91 Å². The van der Waals surface area contributed by atoms with Crippen molar-refractivity contribution in [1.82, 2.24) is 15.2 Å². The minimum absolute atomic E-state index is 0.0241. The van der Waals surface area contributed by atoms with Crippen molar-refractivity contribution >= 4 is 11.7 Å². The summed E-state index contributed by atoms with van der Waals surface area (Å²) in [7, 11) is 0. The highest BCUT2D eigenvalue weighted by atomic mass is 16.5. The largest absolute Gasteiger partial charge is 0.379 e. The second-order valence-corrected chi connectivity index (χ2v) is 6.78. The van der Waals surface area contributed by atoms with E-state index in [4.69, 9.17) is 4.74 Å². The maximum atomic E-state index is 12.5. The van der Waals surface area contributed by atoms with Crippen molar-refractivity contribution < 1.29 is 14.3 Å². The quantitative estimate of drug-likeness (QED) is 0.809. The molecule has 2 N–H and O–H groups in total. The highest BCUT2D eigenvalue weighted by molar-refractivity contribution is 6.02. The van der Waals surface area contributed by atoms with Crippen LogP contribution in [0, 0.1) is 13.8 Å².